The lowest BCUT2D eigenvalue weighted by Gasteiger charge is -2.35. The van der Waals surface area contributed by atoms with E-state index in [2.05, 4.69) is 24.3 Å². The summed E-state index contributed by atoms with van der Waals surface area (Å²) in [5.74, 6) is 0.304. The molecule has 0 radical (unpaired) electrons. The van der Waals surface area contributed by atoms with Crippen molar-refractivity contribution in [3.8, 4) is 0 Å². The first-order chi connectivity index (χ1) is 9.58. The van der Waals surface area contributed by atoms with Gasteiger partial charge in [0.15, 0.2) is 0 Å². The Bertz CT molecular complexity index is 326. The van der Waals surface area contributed by atoms with Crippen LogP contribution in [0.5, 0.6) is 0 Å². The Kier molecular flexibility index (Phi) is 10.6. The average Bonchev–Trinajstić information content (AvgIpc) is 2.47. The van der Waals surface area contributed by atoms with Gasteiger partial charge in [0, 0.05) is 25.3 Å². The van der Waals surface area contributed by atoms with Gasteiger partial charge in [0.05, 0.1) is 6.04 Å². The topological polar surface area (TPSA) is 67.6 Å². The number of nitrogens with two attached hydrogens (primary N) is 1. The largest absolute Gasteiger partial charge is 0.381 e. The van der Waals surface area contributed by atoms with Gasteiger partial charge in [0.1, 0.15) is 0 Å². The molecule has 1 amide bonds. The van der Waals surface area contributed by atoms with Crippen molar-refractivity contribution in [2.24, 2.45) is 11.7 Å². The predicted octanol–water partition coefficient (Wildman–Crippen LogP) is 1.57. The normalized spacial score (nSPS) is 27.5. The first kappa shape index (κ1) is 21.9. The standard InChI is InChI=1S/C15H29N3O2.2ClH/c1-18(2)13-5-3-4-12(10-13)17-15(19)14(16)11-6-8-20-9-7-11;;/h11-14H,3-10,16H2,1-2H3,(H,17,19);2*1H. The van der Waals surface area contributed by atoms with Crippen LogP contribution in [0.3, 0.4) is 0 Å². The molecule has 0 bridgehead atoms. The highest BCUT2D eigenvalue weighted by atomic mass is 35.5. The maximum Gasteiger partial charge on any atom is 0.237 e. The molecule has 132 valence electrons. The summed E-state index contributed by atoms with van der Waals surface area (Å²) in [5, 5.41) is 3.17. The second kappa shape index (κ2) is 10.7. The molecule has 5 nitrogen and oxygen atoms in total. The summed E-state index contributed by atoms with van der Waals surface area (Å²) in [7, 11) is 4.23. The molecule has 0 aromatic heterocycles. The molecule has 1 aliphatic heterocycles. The van der Waals surface area contributed by atoms with Crippen molar-refractivity contribution < 1.29 is 9.53 Å². The van der Waals surface area contributed by atoms with Crippen LogP contribution in [-0.2, 0) is 9.53 Å². The Morgan fingerprint density at radius 3 is 2.41 bits per heavy atom. The molecule has 0 spiro atoms. The number of carbonyl (C=O) groups is 1. The van der Waals surface area contributed by atoms with Crippen molar-refractivity contribution in [2.45, 2.75) is 56.7 Å². The molecule has 2 aliphatic rings. The molecule has 3 unspecified atom stereocenters. The molecule has 3 N–H and O–H groups in total. The van der Waals surface area contributed by atoms with Crippen molar-refractivity contribution in [3.63, 3.8) is 0 Å². The third kappa shape index (κ3) is 6.20. The van der Waals surface area contributed by atoms with E-state index in [0.29, 0.717) is 6.04 Å². The Hall–Kier alpha value is -0.0700. The van der Waals surface area contributed by atoms with Gasteiger partial charge >= 0.3 is 0 Å². The van der Waals surface area contributed by atoms with E-state index in [0.717, 1.165) is 38.9 Å². The number of amides is 1. The van der Waals surface area contributed by atoms with Crippen LogP contribution in [0.1, 0.15) is 38.5 Å². The van der Waals surface area contributed by atoms with Crippen LogP contribution in [-0.4, -0.2) is 56.2 Å². The second-order valence-corrected chi connectivity index (χ2v) is 6.47. The van der Waals surface area contributed by atoms with E-state index in [1.54, 1.807) is 0 Å². The Balaban J connectivity index is 0.00000220. The van der Waals surface area contributed by atoms with E-state index in [1.165, 1.54) is 12.8 Å². The van der Waals surface area contributed by atoms with Crippen LogP contribution in [0.15, 0.2) is 0 Å². The SMILES string of the molecule is CN(C)C1CCCC(NC(=O)C(N)C2CCOCC2)C1.Cl.Cl. The van der Waals surface area contributed by atoms with E-state index in [9.17, 15) is 4.79 Å². The third-order valence-corrected chi connectivity index (χ3v) is 4.80. The van der Waals surface area contributed by atoms with Gasteiger partial charge in [-0.15, -0.1) is 24.8 Å². The van der Waals surface area contributed by atoms with Gasteiger partial charge in [0.25, 0.3) is 0 Å². The second-order valence-electron chi connectivity index (χ2n) is 6.47. The molecular formula is C15H31Cl2N3O2. The highest BCUT2D eigenvalue weighted by Crippen LogP contribution is 2.22. The van der Waals surface area contributed by atoms with Crippen LogP contribution >= 0.6 is 24.8 Å². The molecule has 22 heavy (non-hydrogen) atoms. The minimum atomic E-state index is -0.376. The van der Waals surface area contributed by atoms with Crippen LogP contribution in [0, 0.1) is 5.92 Å². The number of nitrogens with zero attached hydrogens (tertiary/aromatic N) is 1. The molecule has 3 atom stereocenters. The van der Waals surface area contributed by atoms with Gasteiger partial charge in [-0.3, -0.25) is 4.79 Å². The maximum absolute atomic E-state index is 12.3. The highest BCUT2D eigenvalue weighted by Gasteiger charge is 2.30. The lowest BCUT2D eigenvalue weighted by atomic mass is 9.88. The fraction of sp³-hybridized carbons (Fsp3) is 0.933. The fourth-order valence-corrected chi connectivity index (χ4v) is 3.35. The number of hydrogen-bond donors (Lipinski definition) is 2. The summed E-state index contributed by atoms with van der Waals surface area (Å²) in [4.78, 5) is 14.6. The smallest absolute Gasteiger partial charge is 0.237 e. The highest BCUT2D eigenvalue weighted by molar-refractivity contribution is 5.85. The van der Waals surface area contributed by atoms with E-state index < -0.39 is 0 Å². The number of nitrogens with one attached hydrogen (secondary N) is 1. The molecule has 2 rings (SSSR count). The molecule has 2 fully saturated rings. The van der Waals surface area contributed by atoms with Crippen molar-refractivity contribution >= 4 is 30.7 Å². The first-order valence-electron chi connectivity index (χ1n) is 7.88. The van der Waals surface area contributed by atoms with Gasteiger partial charge in [-0.2, -0.15) is 0 Å². The Labute approximate surface area is 146 Å². The van der Waals surface area contributed by atoms with Crippen LogP contribution in [0.4, 0.5) is 0 Å². The zero-order valence-corrected chi connectivity index (χ0v) is 15.3. The summed E-state index contributed by atoms with van der Waals surface area (Å²) < 4.78 is 5.33. The summed E-state index contributed by atoms with van der Waals surface area (Å²) in [6, 6.07) is 0.488. The van der Waals surface area contributed by atoms with Crippen LogP contribution < -0.4 is 11.1 Å². The fourth-order valence-electron chi connectivity index (χ4n) is 3.35. The van der Waals surface area contributed by atoms with E-state index in [1.807, 2.05) is 0 Å². The molecule has 1 saturated carbocycles. The van der Waals surface area contributed by atoms with Gasteiger partial charge in [-0.25, -0.2) is 0 Å². The van der Waals surface area contributed by atoms with Gasteiger partial charge < -0.3 is 20.7 Å². The molecule has 1 heterocycles. The average molecular weight is 356 g/mol. The number of hydrogen-bond acceptors (Lipinski definition) is 4. The van der Waals surface area contributed by atoms with Crippen LogP contribution in [0.25, 0.3) is 0 Å². The van der Waals surface area contributed by atoms with E-state index in [-0.39, 0.29) is 48.7 Å². The van der Waals surface area contributed by atoms with E-state index >= 15 is 0 Å². The summed E-state index contributed by atoms with van der Waals surface area (Å²) in [5.41, 5.74) is 6.13. The monoisotopic (exact) mass is 355 g/mol. The van der Waals surface area contributed by atoms with Gasteiger partial charge in [0.2, 0.25) is 5.91 Å². The quantitative estimate of drug-likeness (QED) is 0.803. The van der Waals surface area contributed by atoms with Crippen LogP contribution in [0.2, 0.25) is 0 Å². The number of carbonyl (C=O) groups excluding carboxylic acids is 1. The Morgan fingerprint density at radius 1 is 1.18 bits per heavy atom. The lowest BCUT2D eigenvalue weighted by Crippen LogP contribution is -2.52. The summed E-state index contributed by atoms with van der Waals surface area (Å²) in [6.07, 6.45) is 6.33. The molecule has 0 aromatic carbocycles. The number of ether oxygens (including phenoxy) is 1. The minimum absolute atomic E-state index is 0. The molecule has 0 aromatic rings. The molecular weight excluding hydrogens is 325 g/mol. The molecule has 1 aliphatic carbocycles. The summed E-state index contributed by atoms with van der Waals surface area (Å²) in [6.45, 7) is 1.47. The summed E-state index contributed by atoms with van der Waals surface area (Å²) >= 11 is 0. The zero-order chi connectivity index (χ0) is 14.5. The molecule has 1 saturated heterocycles. The van der Waals surface area contributed by atoms with Crippen molar-refractivity contribution in [2.75, 3.05) is 27.3 Å². The minimum Gasteiger partial charge on any atom is -0.381 e. The van der Waals surface area contributed by atoms with E-state index in [4.69, 9.17) is 10.5 Å². The third-order valence-electron chi connectivity index (χ3n) is 4.80. The zero-order valence-electron chi connectivity index (χ0n) is 13.6. The molecule has 7 heteroatoms. The van der Waals surface area contributed by atoms with Gasteiger partial charge in [-0.05, 0) is 58.5 Å². The maximum atomic E-state index is 12.3. The van der Waals surface area contributed by atoms with Gasteiger partial charge in [-0.1, -0.05) is 0 Å². The Morgan fingerprint density at radius 2 is 1.82 bits per heavy atom. The first-order valence-corrected chi connectivity index (χ1v) is 7.88. The lowest BCUT2D eigenvalue weighted by molar-refractivity contribution is -0.125. The van der Waals surface area contributed by atoms with Crippen molar-refractivity contribution in [3.05, 3.63) is 0 Å². The number of rotatable bonds is 4. The number of halogens is 2. The van der Waals surface area contributed by atoms with Crippen molar-refractivity contribution in [1.82, 2.24) is 10.2 Å². The van der Waals surface area contributed by atoms with Crippen molar-refractivity contribution in [1.29, 1.82) is 0 Å². The predicted molar refractivity (Wildman–Crippen MR) is 93.9 cm³/mol.